The molecule has 4 heterocycles. The molecule has 5 aliphatic rings. The number of unbranched alkanes of at least 4 members (excludes halogenated alkanes) is 1. The van der Waals surface area contributed by atoms with Gasteiger partial charge in [-0.15, -0.1) is 0 Å². The van der Waals surface area contributed by atoms with Gasteiger partial charge in [0, 0.05) is 30.1 Å². The van der Waals surface area contributed by atoms with Gasteiger partial charge in [0.15, 0.2) is 24.2 Å². The normalized spacial score (nSPS) is 66.3. The van der Waals surface area contributed by atoms with Crippen molar-refractivity contribution in [3.05, 3.63) is 0 Å². The molecule has 0 aromatic heterocycles. The van der Waals surface area contributed by atoms with Crippen molar-refractivity contribution in [3.8, 4) is 0 Å². The third kappa shape index (κ3) is 0.942. The summed E-state index contributed by atoms with van der Waals surface area (Å²) in [7, 11) is 0. The van der Waals surface area contributed by atoms with E-state index >= 15 is 0 Å². The zero-order chi connectivity index (χ0) is 12.1. The molecule has 8 atom stereocenters. The summed E-state index contributed by atoms with van der Waals surface area (Å²) < 4.78 is 24.7. The summed E-state index contributed by atoms with van der Waals surface area (Å²) >= 11 is 0. The number of ether oxygens (including phenoxy) is 4. The Hall–Kier alpha value is -0.160. The Morgan fingerprint density at radius 2 is 1.89 bits per heavy atom. The third-order valence-corrected chi connectivity index (χ3v) is 5.85. The average molecular weight is 252 g/mol. The van der Waals surface area contributed by atoms with Crippen molar-refractivity contribution in [2.24, 2.45) is 23.7 Å². The van der Waals surface area contributed by atoms with Crippen LogP contribution in [0.4, 0.5) is 0 Å². The van der Waals surface area contributed by atoms with Gasteiger partial charge in [0.2, 0.25) is 0 Å². The number of hydrogen-bond donors (Lipinski definition) is 0. The lowest BCUT2D eigenvalue weighted by Crippen LogP contribution is -2.44. The molecule has 1 saturated carbocycles. The topological polar surface area (TPSA) is 36.9 Å². The number of hydrogen-bond acceptors (Lipinski definition) is 4. The SMILES string of the molecule is CCCC[C@@]12O[C@@H]3O[C@H]4O[C@@](C)(O1)[C@@H]1[C@H]4C[C@H]3[C@@H]12. The van der Waals surface area contributed by atoms with Crippen LogP contribution in [0.25, 0.3) is 0 Å². The Kier molecular flexibility index (Phi) is 1.74. The number of rotatable bonds is 3. The highest BCUT2D eigenvalue weighted by Gasteiger charge is 2.81. The molecule has 0 amide bonds. The lowest BCUT2D eigenvalue weighted by atomic mass is 9.81. The van der Waals surface area contributed by atoms with Gasteiger partial charge < -0.3 is 18.9 Å². The van der Waals surface area contributed by atoms with Crippen LogP contribution < -0.4 is 0 Å². The fraction of sp³-hybridized carbons (Fsp3) is 1.00. The summed E-state index contributed by atoms with van der Waals surface area (Å²) in [5.74, 6) is 1.18. The predicted octanol–water partition coefficient (Wildman–Crippen LogP) is 2.23. The minimum Gasteiger partial charge on any atom is -0.323 e. The Bertz CT molecular complexity index is 413. The Morgan fingerprint density at radius 3 is 2.72 bits per heavy atom. The maximum atomic E-state index is 6.36. The Morgan fingerprint density at radius 1 is 1.11 bits per heavy atom. The molecule has 0 radical (unpaired) electrons. The molecule has 4 saturated heterocycles. The molecule has 2 bridgehead atoms. The summed E-state index contributed by atoms with van der Waals surface area (Å²) in [5, 5.41) is 0. The van der Waals surface area contributed by atoms with Crippen molar-refractivity contribution in [1.29, 1.82) is 0 Å². The summed E-state index contributed by atoms with van der Waals surface area (Å²) in [6.45, 7) is 4.30. The van der Waals surface area contributed by atoms with Gasteiger partial charge in [-0.1, -0.05) is 13.3 Å². The second-order valence-electron chi connectivity index (χ2n) is 6.76. The van der Waals surface area contributed by atoms with E-state index in [1.165, 1.54) is 12.8 Å². The lowest BCUT2D eigenvalue weighted by molar-refractivity contribution is -0.408. The molecule has 4 nitrogen and oxygen atoms in total. The molecule has 0 aromatic rings. The smallest absolute Gasteiger partial charge is 0.178 e. The molecule has 5 fully saturated rings. The van der Waals surface area contributed by atoms with Crippen molar-refractivity contribution in [3.63, 3.8) is 0 Å². The van der Waals surface area contributed by atoms with E-state index in [1.54, 1.807) is 0 Å². The maximum Gasteiger partial charge on any atom is 0.178 e. The van der Waals surface area contributed by atoms with Crippen LogP contribution in [0.3, 0.4) is 0 Å². The van der Waals surface area contributed by atoms with Crippen molar-refractivity contribution < 1.29 is 18.9 Å². The Balaban J connectivity index is 1.62. The van der Waals surface area contributed by atoms with Gasteiger partial charge in [-0.2, -0.15) is 0 Å². The Labute approximate surface area is 107 Å². The third-order valence-electron chi connectivity index (χ3n) is 5.85. The molecular formula is C14H20O4. The summed E-state index contributed by atoms with van der Waals surface area (Å²) in [4.78, 5) is 0. The monoisotopic (exact) mass is 252 g/mol. The highest BCUT2D eigenvalue weighted by Crippen LogP contribution is 2.72. The molecule has 5 rings (SSSR count). The second-order valence-corrected chi connectivity index (χ2v) is 6.76. The van der Waals surface area contributed by atoms with Crippen molar-refractivity contribution in [2.45, 2.75) is 63.7 Å². The van der Waals surface area contributed by atoms with Crippen LogP contribution in [-0.4, -0.2) is 24.2 Å². The van der Waals surface area contributed by atoms with Gasteiger partial charge in [-0.25, -0.2) is 0 Å². The van der Waals surface area contributed by atoms with E-state index in [0.717, 1.165) is 12.8 Å². The van der Waals surface area contributed by atoms with E-state index in [1.807, 2.05) is 0 Å². The van der Waals surface area contributed by atoms with Crippen LogP contribution in [0.1, 0.15) is 39.5 Å². The van der Waals surface area contributed by atoms with Crippen molar-refractivity contribution in [1.82, 2.24) is 0 Å². The zero-order valence-electron chi connectivity index (χ0n) is 10.9. The standard InChI is InChI=1S/C14H20O4/c1-3-4-5-14-10-8-6-7-9(10)13(2,18-14)16-11(7)15-12(8)17-14/h7-12H,3-6H2,1-2H3/t7-,8+,9-,10+,11+,12+,13+,14-/m1/s1. The minimum absolute atomic E-state index is 0.0806. The van der Waals surface area contributed by atoms with Gasteiger partial charge >= 0.3 is 0 Å². The van der Waals surface area contributed by atoms with Crippen LogP contribution in [0.2, 0.25) is 0 Å². The largest absolute Gasteiger partial charge is 0.323 e. The van der Waals surface area contributed by atoms with Gasteiger partial charge in [-0.05, 0) is 19.8 Å². The van der Waals surface area contributed by atoms with Crippen molar-refractivity contribution >= 4 is 0 Å². The fourth-order valence-electron chi connectivity index (χ4n) is 5.39. The molecule has 18 heavy (non-hydrogen) atoms. The zero-order valence-corrected chi connectivity index (χ0v) is 10.9. The van der Waals surface area contributed by atoms with Crippen LogP contribution in [0.5, 0.6) is 0 Å². The minimum atomic E-state index is -0.464. The first-order chi connectivity index (χ1) is 8.67. The fourth-order valence-corrected chi connectivity index (χ4v) is 5.39. The first-order valence-electron chi connectivity index (χ1n) is 7.38. The van der Waals surface area contributed by atoms with Crippen LogP contribution >= 0.6 is 0 Å². The predicted molar refractivity (Wildman–Crippen MR) is 61.2 cm³/mol. The molecular weight excluding hydrogens is 232 g/mol. The van der Waals surface area contributed by atoms with E-state index in [0.29, 0.717) is 23.7 Å². The van der Waals surface area contributed by atoms with E-state index in [2.05, 4.69) is 13.8 Å². The highest BCUT2D eigenvalue weighted by molar-refractivity contribution is 5.17. The van der Waals surface area contributed by atoms with Crippen LogP contribution in [0.15, 0.2) is 0 Å². The van der Waals surface area contributed by atoms with Crippen LogP contribution in [0, 0.1) is 23.7 Å². The van der Waals surface area contributed by atoms with E-state index in [-0.39, 0.29) is 12.6 Å². The summed E-state index contributed by atoms with van der Waals surface area (Å²) in [6, 6.07) is 0. The molecule has 4 aliphatic heterocycles. The molecule has 0 unspecified atom stereocenters. The summed E-state index contributed by atoms with van der Waals surface area (Å²) in [5.41, 5.74) is 0. The van der Waals surface area contributed by atoms with E-state index < -0.39 is 11.6 Å². The molecule has 1 aliphatic carbocycles. The maximum absolute atomic E-state index is 6.36. The molecule has 0 aromatic carbocycles. The van der Waals surface area contributed by atoms with Crippen molar-refractivity contribution in [2.75, 3.05) is 0 Å². The highest BCUT2D eigenvalue weighted by atomic mass is 16.9. The molecule has 4 heteroatoms. The molecule has 0 spiro atoms. The van der Waals surface area contributed by atoms with Gasteiger partial charge in [0.05, 0.1) is 0 Å². The van der Waals surface area contributed by atoms with E-state index in [4.69, 9.17) is 18.9 Å². The van der Waals surface area contributed by atoms with Gasteiger partial charge in [-0.3, -0.25) is 0 Å². The quantitative estimate of drug-likeness (QED) is 0.772. The second kappa shape index (κ2) is 2.95. The van der Waals surface area contributed by atoms with Gasteiger partial charge in [0.1, 0.15) is 0 Å². The van der Waals surface area contributed by atoms with E-state index in [9.17, 15) is 0 Å². The lowest BCUT2D eigenvalue weighted by Gasteiger charge is -2.37. The molecule has 100 valence electrons. The van der Waals surface area contributed by atoms with Crippen LogP contribution in [-0.2, 0) is 18.9 Å². The van der Waals surface area contributed by atoms with Gasteiger partial charge in [0.25, 0.3) is 0 Å². The molecule has 0 N–H and O–H groups in total. The first-order valence-corrected chi connectivity index (χ1v) is 7.38. The summed E-state index contributed by atoms with van der Waals surface area (Å²) in [6.07, 6.45) is 4.34. The average Bonchev–Trinajstić information content (AvgIpc) is 2.93. The first kappa shape index (κ1) is 10.6.